The van der Waals surface area contributed by atoms with Gasteiger partial charge in [-0.1, -0.05) is 37.6 Å². The van der Waals surface area contributed by atoms with Crippen LogP contribution in [0.1, 0.15) is 31.4 Å². The van der Waals surface area contributed by atoms with E-state index in [1.165, 1.54) is 24.0 Å². The maximum atomic E-state index is 5.07. The van der Waals surface area contributed by atoms with Crippen LogP contribution in [-0.4, -0.2) is 13.2 Å². The van der Waals surface area contributed by atoms with Gasteiger partial charge in [0.2, 0.25) is 0 Å². The first kappa shape index (κ1) is 12.2. The Hall–Kier alpha value is -0.860. The Labute approximate surface area is 92.6 Å². The van der Waals surface area contributed by atoms with Gasteiger partial charge >= 0.3 is 0 Å². The second kappa shape index (κ2) is 7.43. The second-order valence-electron chi connectivity index (χ2n) is 3.64. The summed E-state index contributed by atoms with van der Waals surface area (Å²) in [4.78, 5) is 5.07. The fraction of sp³-hybridized carbons (Fsp3) is 0.538. The molecule has 0 aliphatic rings. The van der Waals surface area contributed by atoms with Gasteiger partial charge in [0.25, 0.3) is 0 Å². The fourth-order valence-electron chi connectivity index (χ4n) is 1.53. The Morgan fingerprint density at radius 1 is 1.00 bits per heavy atom. The molecule has 2 heteroatoms. The molecule has 0 aliphatic carbocycles. The van der Waals surface area contributed by atoms with Crippen LogP contribution in [0.4, 0.5) is 0 Å². The van der Waals surface area contributed by atoms with E-state index in [-0.39, 0.29) is 0 Å². The lowest BCUT2D eigenvalue weighted by Gasteiger charge is -2.05. The van der Waals surface area contributed by atoms with Crippen LogP contribution >= 0.6 is 0 Å². The maximum Gasteiger partial charge on any atom is 0.0653 e. The monoisotopic (exact) mass is 207 g/mol. The summed E-state index contributed by atoms with van der Waals surface area (Å²) >= 11 is 0. The van der Waals surface area contributed by atoms with Gasteiger partial charge in [-0.15, -0.1) is 0 Å². The topological polar surface area (TPSA) is 21.3 Å². The zero-order valence-electron chi connectivity index (χ0n) is 9.75. The van der Waals surface area contributed by atoms with Gasteiger partial charge in [0.1, 0.15) is 0 Å². The number of hydrogen-bond donors (Lipinski definition) is 1. The van der Waals surface area contributed by atoms with E-state index in [0.29, 0.717) is 0 Å². The van der Waals surface area contributed by atoms with Gasteiger partial charge in [-0.05, 0) is 30.9 Å². The van der Waals surface area contributed by atoms with Crippen molar-refractivity contribution >= 4 is 0 Å². The minimum absolute atomic E-state index is 0.718. The quantitative estimate of drug-likeness (QED) is 0.548. The van der Waals surface area contributed by atoms with Crippen molar-refractivity contribution in [1.29, 1.82) is 0 Å². The van der Waals surface area contributed by atoms with E-state index in [1.54, 1.807) is 0 Å². The minimum Gasteiger partial charge on any atom is -0.302 e. The third-order valence-corrected chi connectivity index (χ3v) is 2.32. The molecule has 0 aromatic heterocycles. The number of hydroxylamine groups is 1. The molecule has 84 valence electrons. The van der Waals surface area contributed by atoms with Crippen LogP contribution in [0.2, 0.25) is 0 Å². The van der Waals surface area contributed by atoms with Crippen LogP contribution in [0.3, 0.4) is 0 Å². The molecule has 2 nitrogen and oxygen atoms in total. The molecule has 0 aliphatic heterocycles. The summed E-state index contributed by atoms with van der Waals surface area (Å²) in [5.74, 6) is 0. The zero-order valence-corrected chi connectivity index (χ0v) is 9.75. The third kappa shape index (κ3) is 4.96. The van der Waals surface area contributed by atoms with Gasteiger partial charge in [-0.25, -0.2) is 5.48 Å². The molecule has 1 aromatic carbocycles. The normalized spacial score (nSPS) is 10.5. The van der Waals surface area contributed by atoms with Crippen molar-refractivity contribution in [1.82, 2.24) is 5.48 Å². The maximum absolute atomic E-state index is 5.07. The molecule has 0 unspecified atom stereocenters. The number of aryl methyl sites for hydroxylation is 1. The summed E-state index contributed by atoms with van der Waals surface area (Å²) in [6.07, 6.45) is 3.41. The van der Waals surface area contributed by atoms with E-state index in [2.05, 4.69) is 36.7 Å². The molecular formula is C13H21NO. The molecule has 0 saturated carbocycles. The standard InChI is InChI=1S/C13H21NO/c1-3-5-12-6-8-13(9-7-12)10-11-14-15-4-2/h6-9,14H,3-5,10-11H2,1-2H3. The number of nitrogens with one attached hydrogen (secondary N) is 1. The Morgan fingerprint density at radius 3 is 2.13 bits per heavy atom. The Balaban J connectivity index is 2.29. The van der Waals surface area contributed by atoms with E-state index in [1.807, 2.05) is 6.92 Å². The predicted octanol–water partition coefficient (Wildman–Crippen LogP) is 2.72. The highest BCUT2D eigenvalue weighted by Gasteiger charge is 1.94. The number of benzene rings is 1. The molecular weight excluding hydrogens is 186 g/mol. The second-order valence-corrected chi connectivity index (χ2v) is 3.64. The average molecular weight is 207 g/mol. The van der Waals surface area contributed by atoms with Crippen molar-refractivity contribution in [2.75, 3.05) is 13.2 Å². The molecule has 0 heterocycles. The Morgan fingerprint density at radius 2 is 1.60 bits per heavy atom. The zero-order chi connectivity index (χ0) is 10.9. The van der Waals surface area contributed by atoms with Crippen molar-refractivity contribution in [3.05, 3.63) is 35.4 Å². The van der Waals surface area contributed by atoms with E-state index in [0.717, 1.165) is 19.6 Å². The van der Waals surface area contributed by atoms with E-state index in [9.17, 15) is 0 Å². The third-order valence-electron chi connectivity index (χ3n) is 2.32. The highest BCUT2D eigenvalue weighted by Crippen LogP contribution is 2.06. The van der Waals surface area contributed by atoms with Crippen molar-refractivity contribution < 1.29 is 4.84 Å². The summed E-state index contributed by atoms with van der Waals surface area (Å²) in [5.41, 5.74) is 5.72. The van der Waals surface area contributed by atoms with Crippen molar-refractivity contribution in [2.24, 2.45) is 0 Å². The summed E-state index contributed by atoms with van der Waals surface area (Å²) in [6, 6.07) is 8.86. The first-order valence-electron chi connectivity index (χ1n) is 5.79. The van der Waals surface area contributed by atoms with Crippen LogP contribution in [0.25, 0.3) is 0 Å². The van der Waals surface area contributed by atoms with Crippen LogP contribution < -0.4 is 5.48 Å². The van der Waals surface area contributed by atoms with Crippen molar-refractivity contribution in [3.8, 4) is 0 Å². The molecule has 0 radical (unpaired) electrons. The molecule has 0 fully saturated rings. The highest BCUT2D eigenvalue weighted by molar-refractivity contribution is 5.22. The van der Waals surface area contributed by atoms with Gasteiger partial charge < -0.3 is 4.84 Å². The first-order valence-corrected chi connectivity index (χ1v) is 5.79. The molecule has 1 aromatic rings. The lowest BCUT2D eigenvalue weighted by atomic mass is 10.1. The Bertz CT molecular complexity index is 256. The number of rotatable bonds is 7. The van der Waals surface area contributed by atoms with Gasteiger partial charge in [0.05, 0.1) is 6.61 Å². The first-order chi connectivity index (χ1) is 7.36. The molecule has 0 bridgehead atoms. The average Bonchev–Trinajstić information content (AvgIpc) is 2.27. The van der Waals surface area contributed by atoms with Gasteiger partial charge in [-0.3, -0.25) is 0 Å². The fourth-order valence-corrected chi connectivity index (χ4v) is 1.53. The molecule has 0 amide bonds. The highest BCUT2D eigenvalue weighted by atomic mass is 16.6. The van der Waals surface area contributed by atoms with Crippen LogP contribution in [0.5, 0.6) is 0 Å². The van der Waals surface area contributed by atoms with Gasteiger partial charge in [0, 0.05) is 6.54 Å². The van der Waals surface area contributed by atoms with Crippen LogP contribution in [0.15, 0.2) is 24.3 Å². The summed E-state index contributed by atoms with van der Waals surface area (Å²) in [6.45, 7) is 5.78. The predicted molar refractivity (Wildman–Crippen MR) is 63.8 cm³/mol. The minimum atomic E-state index is 0.718. The van der Waals surface area contributed by atoms with Gasteiger partial charge in [0.15, 0.2) is 0 Å². The molecule has 1 N–H and O–H groups in total. The SMILES string of the molecule is CCCc1ccc(CCNOCC)cc1. The van der Waals surface area contributed by atoms with Crippen LogP contribution in [-0.2, 0) is 17.7 Å². The summed E-state index contributed by atoms with van der Waals surface area (Å²) in [7, 11) is 0. The molecule has 0 saturated heterocycles. The summed E-state index contributed by atoms with van der Waals surface area (Å²) < 4.78 is 0. The molecule has 0 spiro atoms. The lowest BCUT2D eigenvalue weighted by molar-refractivity contribution is 0.0519. The van der Waals surface area contributed by atoms with Crippen molar-refractivity contribution in [3.63, 3.8) is 0 Å². The van der Waals surface area contributed by atoms with E-state index >= 15 is 0 Å². The number of hydrogen-bond acceptors (Lipinski definition) is 2. The summed E-state index contributed by atoms with van der Waals surface area (Å²) in [5, 5.41) is 0. The van der Waals surface area contributed by atoms with E-state index < -0.39 is 0 Å². The lowest BCUT2D eigenvalue weighted by Crippen LogP contribution is -2.17. The molecule has 1 rings (SSSR count). The Kier molecular flexibility index (Phi) is 6.05. The molecule has 0 atom stereocenters. The smallest absolute Gasteiger partial charge is 0.0653 e. The van der Waals surface area contributed by atoms with E-state index in [4.69, 9.17) is 4.84 Å². The molecule has 15 heavy (non-hydrogen) atoms. The van der Waals surface area contributed by atoms with Crippen LogP contribution in [0, 0.1) is 0 Å². The van der Waals surface area contributed by atoms with Crippen molar-refractivity contribution in [2.45, 2.75) is 33.1 Å². The van der Waals surface area contributed by atoms with Gasteiger partial charge in [-0.2, -0.15) is 0 Å². The largest absolute Gasteiger partial charge is 0.302 e.